The lowest BCUT2D eigenvalue weighted by molar-refractivity contribution is 0.561. The van der Waals surface area contributed by atoms with Crippen molar-refractivity contribution in [2.75, 3.05) is 6.26 Å². The monoisotopic (exact) mass is 486 g/mol. The van der Waals surface area contributed by atoms with E-state index >= 15 is 0 Å². The lowest BCUT2D eigenvalue weighted by atomic mass is 10.0. The molecule has 172 valence electrons. The van der Waals surface area contributed by atoms with Gasteiger partial charge in [-0.3, -0.25) is 0 Å². The third kappa shape index (κ3) is 4.85. The predicted octanol–water partition coefficient (Wildman–Crippen LogP) is 4.22. The number of halogens is 1. The summed E-state index contributed by atoms with van der Waals surface area (Å²) in [5.41, 5.74) is 2.58. The van der Waals surface area contributed by atoms with E-state index < -0.39 is 31.9 Å². The summed E-state index contributed by atoms with van der Waals surface area (Å²) >= 11 is 0. The standard InChI is InChI=1S/C24H23FN2O4S2/c1-17(26-32(2,28)29)19-13-11-18(12-14-19)15-21-16-20-7-3-5-9-23(20)27(21)33(30,31)24-10-6-4-8-22(24)25/h3-14,16-17,26H,15H2,1-2H3. The molecule has 33 heavy (non-hydrogen) atoms. The van der Waals surface area contributed by atoms with Crippen LogP contribution in [0.3, 0.4) is 0 Å². The molecule has 1 atom stereocenters. The molecule has 1 heterocycles. The third-order valence-corrected chi connectivity index (χ3v) is 7.93. The molecule has 1 aromatic heterocycles. The van der Waals surface area contributed by atoms with Crippen molar-refractivity contribution in [2.45, 2.75) is 24.3 Å². The molecule has 0 saturated carbocycles. The summed E-state index contributed by atoms with van der Waals surface area (Å²) in [6.07, 6.45) is 1.39. The van der Waals surface area contributed by atoms with Gasteiger partial charge in [0.1, 0.15) is 10.7 Å². The van der Waals surface area contributed by atoms with E-state index in [1.807, 2.05) is 24.3 Å². The zero-order valence-electron chi connectivity index (χ0n) is 18.1. The average Bonchev–Trinajstić information content (AvgIpc) is 3.11. The molecule has 0 saturated heterocycles. The second-order valence-electron chi connectivity index (χ2n) is 7.92. The van der Waals surface area contributed by atoms with E-state index in [0.717, 1.165) is 28.8 Å². The highest BCUT2D eigenvalue weighted by atomic mass is 32.2. The number of aromatic nitrogens is 1. The van der Waals surface area contributed by atoms with Crippen LogP contribution in [0.1, 0.15) is 29.8 Å². The summed E-state index contributed by atoms with van der Waals surface area (Å²) in [5, 5.41) is 0.731. The van der Waals surface area contributed by atoms with Crippen molar-refractivity contribution in [3.05, 3.63) is 102 Å². The predicted molar refractivity (Wildman–Crippen MR) is 127 cm³/mol. The molecule has 0 fully saturated rings. The highest BCUT2D eigenvalue weighted by Crippen LogP contribution is 2.28. The first kappa shape index (κ1) is 23.2. The van der Waals surface area contributed by atoms with E-state index in [2.05, 4.69) is 4.72 Å². The molecule has 0 bridgehead atoms. The third-order valence-electron chi connectivity index (χ3n) is 5.35. The molecule has 0 radical (unpaired) electrons. The van der Waals surface area contributed by atoms with Crippen molar-refractivity contribution in [3.8, 4) is 0 Å². The zero-order valence-corrected chi connectivity index (χ0v) is 19.7. The highest BCUT2D eigenvalue weighted by molar-refractivity contribution is 7.90. The fraction of sp³-hybridized carbons (Fsp3) is 0.167. The Morgan fingerprint density at radius 3 is 2.21 bits per heavy atom. The summed E-state index contributed by atoms with van der Waals surface area (Å²) in [7, 11) is -7.53. The van der Waals surface area contributed by atoms with Gasteiger partial charge >= 0.3 is 0 Å². The summed E-state index contributed by atoms with van der Waals surface area (Å²) < 4.78 is 68.1. The summed E-state index contributed by atoms with van der Waals surface area (Å²) in [6, 6.07) is 21.0. The van der Waals surface area contributed by atoms with Crippen LogP contribution in [-0.4, -0.2) is 27.1 Å². The van der Waals surface area contributed by atoms with Crippen LogP contribution in [0.5, 0.6) is 0 Å². The van der Waals surface area contributed by atoms with Crippen LogP contribution < -0.4 is 4.72 Å². The smallest absolute Gasteiger partial charge is 0.238 e. The van der Waals surface area contributed by atoms with E-state index in [9.17, 15) is 21.2 Å². The lowest BCUT2D eigenvalue weighted by Crippen LogP contribution is -2.25. The quantitative estimate of drug-likeness (QED) is 0.424. The highest BCUT2D eigenvalue weighted by Gasteiger charge is 2.25. The minimum atomic E-state index is -4.18. The van der Waals surface area contributed by atoms with Gasteiger partial charge in [0.2, 0.25) is 10.0 Å². The van der Waals surface area contributed by atoms with Gasteiger partial charge in [-0.15, -0.1) is 0 Å². The van der Waals surface area contributed by atoms with Crippen molar-refractivity contribution in [1.29, 1.82) is 0 Å². The molecule has 4 aromatic rings. The van der Waals surface area contributed by atoms with E-state index in [-0.39, 0.29) is 11.3 Å². The molecule has 0 aliphatic rings. The van der Waals surface area contributed by atoms with Crippen LogP contribution in [0.2, 0.25) is 0 Å². The number of sulfonamides is 1. The normalized spacial score (nSPS) is 13.3. The van der Waals surface area contributed by atoms with Gasteiger partial charge in [-0.05, 0) is 42.3 Å². The zero-order chi connectivity index (χ0) is 23.8. The van der Waals surface area contributed by atoms with Gasteiger partial charge < -0.3 is 0 Å². The Balaban J connectivity index is 1.75. The molecule has 0 spiro atoms. The van der Waals surface area contributed by atoms with Gasteiger partial charge in [0.15, 0.2) is 0 Å². The van der Waals surface area contributed by atoms with Crippen LogP contribution in [0.4, 0.5) is 4.39 Å². The SMILES string of the molecule is CC(NS(C)(=O)=O)c1ccc(Cc2cc3ccccc3n2S(=O)(=O)c2ccccc2F)cc1. The van der Waals surface area contributed by atoms with E-state index in [0.29, 0.717) is 11.2 Å². The maximum Gasteiger partial charge on any atom is 0.271 e. The molecular weight excluding hydrogens is 463 g/mol. The topological polar surface area (TPSA) is 85.2 Å². The molecule has 0 amide bonds. The number of fused-ring (bicyclic) bond motifs is 1. The Bertz CT molecular complexity index is 1530. The Kier molecular flexibility index (Phi) is 6.13. The van der Waals surface area contributed by atoms with Crippen LogP contribution in [0.15, 0.2) is 83.8 Å². The Morgan fingerprint density at radius 2 is 1.55 bits per heavy atom. The van der Waals surface area contributed by atoms with E-state index in [4.69, 9.17) is 0 Å². The largest absolute Gasteiger partial charge is 0.271 e. The lowest BCUT2D eigenvalue weighted by Gasteiger charge is -2.14. The molecule has 0 aliphatic carbocycles. The number of rotatable bonds is 7. The molecule has 6 nitrogen and oxygen atoms in total. The molecule has 1 unspecified atom stereocenters. The molecule has 1 N–H and O–H groups in total. The summed E-state index contributed by atoms with van der Waals surface area (Å²) in [6.45, 7) is 1.74. The minimum Gasteiger partial charge on any atom is -0.238 e. The van der Waals surface area contributed by atoms with Crippen molar-refractivity contribution in [1.82, 2.24) is 8.69 Å². The van der Waals surface area contributed by atoms with Crippen LogP contribution >= 0.6 is 0 Å². The van der Waals surface area contributed by atoms with Gasteiger partial charge in [-0.25, -0.2) is 29.9 Å². The molecular formula is C24H23FN2O4S2. The van der Waals surface area contributed by atoms with Crippen molar-refractivity contribution < 1.29 is 21.2 Å². The number of hydrogen-bond acceptors (Lipinski definition) is 4. The fourth-order valence-electron chi connectivity index (χ4n) is 3.87. The molecule has 9 heteroatoms. The van der Waals surface area contributed by atoms with Crippen LogP contribution in [-0.2, 0) is 26.5 Å². The Labute approximate surface area is 192 Å². The molecule has 0 aliphatic heterocycles. The Hall–Kier alpha value is -3.01. The van der Waals surface area contributed by atoms with Crippen molar-refractivity contribution >= 4 is 30.9 Å². The Morgan fingerprint density at radius 1 is 0.909 bits per heavy atom. The van der Waals surface area contributed by atoms with Gasteiger partial charge in [0.25, 0.3) is 10.0 Å². The molecule has 4 rings (SSSR count). The number of nitrogens with zero attached hydrogens (tertiary/aromatic N) is 1. The van der Waals surface area contributed by atoms with Crippen molar-refractivity contribution in [2.24, 2.45) is 0 Å². The summed E-state index contributed by atoms with van der Waals surface area (Å²) in [4.78, 5) is -0.386. The summed E-state index contributed by atoms with van der Waals surface area (Å²) in [5.74, 6) is -0.807. The first-order valence-electron chi connectivity index (χ1n) is 10.2. The van der Waals surface area contributed by atoms with E-state index in [1.54, 1.807) is 37.3 Å². The van der Waals surface area contributed by atoms with Gasteiger partial charge in [0, 0.05) is 23.5 Å². The first-order valence-corrected chi connectivity index (χ1v) is 13.5. The first-order chi connectivity index (χ1) is 15.6. The second kappa shape index (κ2) is 8.74. The fourth-order valence-corrected chi connectivity index (χ4v) is 6.26. The van der Waals surface area contributed by atoms with Gasteiger partial charge in [-0.2, -0.15) is 0 Å². The number of nitrogens with one attached hydrogen (secondary N) is 1. The number of benzene rings is 3. The molecule has 3 aromatic carbocycles. The van der Waals surface area contributed by atoms with Crippen molar-refractivity contribution in [3.63, 3.8) is 0 Å². The van der Waals surface area contributed by atoms with E-state index in [1.165, 1.54) is 22.2 Å². The van der Waals surface area contributed by atoms with Gasteiger partial charge in [0.05, 0.1) is 11.8 Å². The number of hydrogen-bond donors (Lipinski definition) is 1. The maximum atomic E-state index is 14.4. The number of para-hydroxylation sites is 1. The maximum absolute atomic E-state index is 14.4. The van der Waals surface area contributed by atoms with Crippen LogP contribution in [0.25, 0.3) is 10.9 Å². The minimum absolute atomic E-state index is 0.288. The average molecular weight is 487 g/mol. The second-order valence-corrected chi connectivity index (χ2v) is 11.5. The van der Waals surface area contributed by atoms with Gasteiger partial charge in [-0.1, -0.05) is 54.6 Å². The van der Waals surface area contributed by atoms with Crippen LogP contribution in [0, 0.1) is 5.82 Å².